The maximum atomic E-state index is 5.89. The Balaban J connectivity index is 1.96. The van der Waals surface area contributed by atoms with Gasteiger partial charge in [-0.3, -0.25) is 0 Å². The van der Waals surface area contributed by atoms with E-state index < -0.39 is 0 Å². The molecule has 3 N–H and O–H groups in total. The molecular formula is C15H11N3O. The van der Waals surface area contributed by atoms with E-state index in [4.69, 9.17) is 10.2 Å². The molecule has 4 nitrogen and oxygen atoms in total. The topological polar surface area (TPSA) is 67.8 Å². The Morgan fingerprint density at radius 2 is 1.95 bits per heavy atom. The third-order valence-electron chi connectivity index (χ3n) is 3.21. The standard InChI is InChI=1S/C15H11N3O/c16-10-5-3-7-13-14(10)18-15(19-13)12-8-9-4-1-2-6-11(9)17-12/h1-8,17H,16H2. The third kappa shape index (κ3) is 1.50. The molecule has 0 saturated heterocycles. The number of aromatic amines is 1. The second-order valence-electron chi connectivity index (χ2n) is 4.48. The molecule has 0 radical (unpaired) electrons. The number of anilines is 1. The van der Waals surface area contributed by atoms with Gasteiger partial charge in [-0.05, 0) is 24.3 Å². The highest BCUT2D eigenvalue weighted by Gasteiger charge is 2.12. The van der Waals surface area contributed by atoms with Crippen LogP contribution >= 0.6 is 0 Å². The van der Waals surface area contributed by atoms with Crippen LogP contribution in [0.2, 0.25) is 0 Å². The number of H-pyrrole nitrogens is 1. The first-order valence-electron chi connectivity index (χ1n) is 6.04. The van der Waals surface area contributed by atoms with Crippen LogP contribution in [0.5, 0.6) is 0 Å². The van der Waals surface area contributed by atoms with Crippen molar-refractivity contribution in [3.63, 3.8) is 0 Å². The second-order valence-corrected chi connectivity index (χ2v) is 4.48. The summed E-state index contributed by atoms with van der Waals surface area (Å²) in [5.41, 5.74) is 9.85. The van der Waals surface area contributed by atoms with Gasteiger partial charge in [0.1, 0.15) is 11.2 Å². The fourth-order valence-corrected chi connectivity index (χ4v) is 2.27. The summed E-state index contributed by atoms with van der Waals surface area (Å²) >= 11 is 0. The molecule has 4 heteroatoms. The molecule has 4 aromatic rings. The molecular weight excluding hydrogens is 238 g/mol. The highest BCUT2D eigenvalue weighted by molar-refractivity contribution is 5.89. The lowest BCUT2D eigenvalue weighted by molar-refractivity contribution is 0.617. The molecule has 0 bridgehead atoms. The summed E-state index contributed by atoms with van der Waals surface area (Å²) in [4.78, 5) is 7.75. The molecule has 0 spiro atoms. The van der Waals surface area contributed by atoms with Crippen molar-refractivity contribution in [2.45, 2.75) is 0 Å². The van der Waals surface area contributed by atoms with Crippen LogP contribution in [0.15, 0.2) is 52.9 Å². The zero-order valence-corrected chi connectivity index (χ0v) is 10.1. The summed E-state index contributed by atoms with van der Waals surface area (Å²) < 4.78 is 5.74. The van der Waals surface area contributed by atoms with Gasteiger partial charge in [0.05, 0.1) is 5.69 Å². The third-order valence-corrected chi connectivity index (χ3v) is 3.21. The quantitative estimate of drug-likeness (QED) is 0.507. The number of oxazole rings is 1. The molecule has 2 heterocycles. The number of nitrogen functional groups attached to an aromatic ring is 1. The van der Waals surface area contributed by atoms with Gasteiger partial charge in [0.25, 0.3) is 0 Å². The zero-order valence-electron chi connectivity index (χ0n) is 10.1. The number of nitrogens with one attached hydrogen (secondary N) is 1. The van der Waals surface area contributed by atoms with Gasteiger partial charge in [-0.15, -0.1) is 0 Å². The van der Waals surface area contributed by atoms with E-state index in [2.05, 4.69) is 9.97 Å². The van der Waals surface area contributed by atoms with Crippen LogP contribution in [0.25, 0.3) is 33.6 Å². The first-order valence-corrected chi connectivity index (χ1v) is 6.04. The Morgan fingerprint density at radius 3 is 2.79 bits per heavy atom. The molecule has 2 aromatic carbocycles. The second kappa shape index (κ2) is 3.62. The molecule has 92 valence electrons. The molecule has 19 heavy (non-hydrogen) atoms. The number of benzene rings is 2. The largest absolute Gasteiger partial charge is 0.435 e. The molecule has 0 atom stereocenters. The number of nitrogens with zero attached hydrogens (tertiary/aromatic N) is 1. The summed E-state index contributed by atoms with van der Waals surface area (Å²) in [5.74, 6) is 0.559. The summed E-state index contributed by atoms with van der Waals surface area (Å²) in [6.07, 6.45) is 0. The van der Waals surface area contributed by atoms with E-state index in [-0.39, 0.29) is 0 Å². The fraction of sp³-hybridized carbons (Fsp3) is 0. The minimum Gasteiger partial charge on any atom is -0.435 e. The Kier molecular flexibility index (Phi) is 1.94. The van der Waals surface area contributed by atoms with Crippen LogP contribution in [0, 0.1) is 0 Å². The van der Waals surface area contributed by atoms with E-state index in [1.807, 2.05) is 48.5 Å². The summed E-state index contributed by atoms with van der Waals surface area (Å²) in [5, 5.41) is 1.13. The predicted octanol–water partition coefficient (Wildman–Crippen LogP) is 3.56. The Labute approximate surface area is 108 Å². The monoisotopic (exact) mass is 249 g/mol. The van der Waals surface area contributed by atoms with E-state index in [9.17, 15) is 0 Å². The molecule has 0 aliphatic heterocycles. The lowest BCUT2D eigenvalue weighted by Gasteiger charge is -1.89. The number of hydrogen-bond donors (Lipinski definition) is 2. The van der Waals surface area contributed by atoms with Crippen LogP contribution < -0.4 is 5.73 Å². The molecule has 0 unspecified atom stereocenters. The summed E-state index contributed by atoms with van der Waals surface area (Å²) in [6.45, 7) is 0. The lowest BCUT2D eigenvalue weighted by Crippen LogP contribution is -1.85. The summed E-state index contributed by atoms with van der Waals surface area (Å²) in [7, 11) is 0. The number of fused-ring (bicyclic) bond motifs is 2. The van der Waals surface area contributed by atoms with E-state index in [0.717, 1.165) is 16.6 Å². The zero-order chi connectivity index (χ0) is 12.8. The first-order chi connectivity index (χ1) is 9.31. The van der Waals surface area contributed by atoms with Crippen LogP contribution in [0.4, 0.5) is 5.69 Å². The number of para-hydroxylation sites is 2. The van der Waals surface area contributed by atoms with Gasteiger partial charge in [-0.2, -0.15) is 0 Å². The molecule has 0 amide bonds. The van der Waals surface area contributed by atoms with E-state index >= 15 is 0 Å². The molecule has 0 aliphatic carbocycles. The van der Waals surface area contributed by atoms with E-state index in [0.29, 0.717) is 22.7 Å². The summed E-state index contributed by atoms with van der Waals surface area (Å²) in [6, 6.07) is 15.6. The Hall–Kier alpha value is -2.75. The van der Waals surface area contributed by atoms with E-state index in [1.54, 1.807) is 0 Å². The van der Waals surface area contributed by atoms with Crippen molar-refractivity contribution < 1.29 is 4.42 Å². The maximum absolute atomic E-state index is 5.89. The van der Waals surface area contributed by atoms with Gasteiger partial charge in [0.15, 0.2) is 5.58 Å². The number of aromatic nitrogens is 2. The van der Waals surface area contributed by atoms with Crippen molar-refractivity contribution in [3.05, 3.63) is 48.5 Å². The fourth-order valence-electron chi connectivity index (χ4n) is 2.27. The van der Waals surface area contributed by atoms with Gasteiger partial charge in [0.2, 0.25) is 5.89 Å². The van der Waals surface area contributed by atoms with E-state index in [1.165, 1.54) is 0 Å². The van der Waals surface area contributed by atoms with Gasteiger partial charge < -0.3 is 15.1 Å². The minimum atomic E-state index is 0.559. The Bertz CT molecular complexity index is 856. The number of rotatable bonds is 1. The van der Waals surface area contributed by atoms with Gasteiger partial charge in [-0.25, -0.2) is 4.98 Å². The average molecular weight is 249 g/mol. The molecule has 4 rings (SSSR count). The van der Waals surface area contributed by atoms with Gasteiger partial charge >= 0.3 is 0 Å². The first kappa shape index (κ1) is 10.2. The highest BCUT2D eigenvalue weighted by atomic mass is 16.3. The lowest BCUT2D eigenvalue weighted by atomic mass is 10.2. The predicted molar refractivity (Wildman–Crippen MR) is 75.7 cm³/mol. The SMILES string of the molecule is Nc1cccc2oc(-c3cc4ccccc4[nH]3)nc12. The normalized spacial score (nSPS) is 11.4. The van der Waals surface area contributed by atoms with Crippen LogP contribution in [0.1, 0.15) is 0 Å². The van der Waals surface area contributed by atoms with Crippen LogP contribution in [-0.4, -0.2) is 9.97 Å². The average Bonchev–Trinajstić information content (AvgIpc) is 3.02. The molecule has 0 aliphatic rings. The molecule has 2 aromatic heterocycles. The Morgan fingerprint density at radius 1 is 1.05 bits per heavy atom. The maximum Gasteiger partial charge on any atom is 0.244 e. The minimum absolute atomic E-state index is 0.559. The van der Waals surface area contributed by atoms with Crippen molar-refractivity contribution in [1.29, 1.82) is 0 Å². The number of nitrogens with two attached hydrogens (primary N) is 1. The van der Waals surface area contributed by atoms with Crippen LogP contribution in [0.3, 0.4) is 0 Å². The smallest absolute Gasteiger partial charge is 0.244 e. The van der Waals surface area contributed by atoms with Gasteiger partial charge in [-0.1, -0.05) is 24.3 Å². The molecule has 0 saturated carbocycles. The van der Waals surface area contributed by atoms with Crippen LogP contribution in [-0.2, 0) is 0 Å². The van der Waals surface area contributed by atoms with Crippen molar-refractivity contribution >= 4 is 27.7 Å². The number of hydrogen-bond acceptors (Lipinski definition) is 3. The van der Waals surface area contributed by atoms with Crippen molar-refractivity contribution in [1.82, 2.24) is 9.97 Å². The highest BCUT2D eigenvalue weighted by Crippen LogP contribution is 2.28. The van der Waals surface area contributed by atoms with Crippen molar-refractivity contribution in [2.75, 3.05) is 5.73 Å². The van der Waals surface area contributed by atoms with Gasteiger partial charge in [0, 0.05) is 10.9 Å². The van der Waals surface area contributed by atoms with Crippen molar-refractivity contribution in [2.24, 2.45) is 0 Å². The van der Waals surface area contributed by atoms with Crippen molar-refractivity contribution in [3.8, 4) is 11.6 Å². The molecule has 0 fully saturated rings.